The summed E-state index contributed by atoms with van der Waals surface area (Å²) in [6.45, 7) is 8.06. The summed E-state index contributed by atoms with van der Waals surface area (Å²) in [5.41, 5.74) is 0. The predicted molar refractivity (Wildman–Crippen MR) is 55.9 cm³/mol. The Hall–Kier alpha value is -1.66. The van der Waals surface area contributed by atoms with Gasteiger partial charge in [-0.2, -0.15) is 0 Å². The number of nitrogens with zero attached hydrogens (tertiary/aromatic N) is 1. The van der Waals surface area contributed by atoms with Crippen molar-refractivity contribution in [2.24, 2.45) is 0 Å². The molecule has 1 aliphatic heterocycles. The fraction of sp³-hybridized carbons (Fsp3) is 0.400. The minimum Gasteiger partial charge on any atom is -0.439 e. The van der Waals surface area contributed by atoms with Crippen molar-refractivity contribution in [1.29, 1.82) is 0 Å². The first-order valence-corrected chi connectivity index (χ1v) is 4.82. The lowest BCUT2D eigenvalue weighted by Gasteiger charge is -2.32. The summed E-state index contributed by atoms with van der Waals surface area (Å²) in [4.78, 5) is 27.0. The molecule has 0 aromatic heterocycles. The fourth-order valence-corrected chi connectivity index (χ4v) is 1.20. The fourth-order valence-electron chi connectivity index (χ4n) is 1.20. The minimum absolute atomic E-state index is 0.393. The Bertz CT molecular complexity index is 273. The van der Waals surface area contributed by atoms with Crippen molar-refractivity contribution in [3.05, 3.63) is 25.3 Å². The number of nitrogens with one attached hydrogen (secondary N) is 1. The van der Waals surface area contributed by atoms with Crippen molar-refractivity contribution in [3.8, 4) is 0 Å². The third-order valence-electron chi connectivity index (χ3n) is 1.94. The molecule has 1 N–H and O–H groups in total. The molecule has 1 unspecified atom stereocenters. The molecule has 6 heteroatoms. The number of carbonyl (C=O) groups excluding carboxylic acids is 2. The topological polar surface area (TPSA) is 67.9 Å². The number of ether oxygens (including phenoxy) is 1. The van der Waals surface area contributed by atoms with Gasteiger partial charge in [0.05, 0.1) is 6.54 Å². The van der Waals surface area contributed by atoms with Gasteiger partial charge in [-0.25, -0.2) is 9.59 Å². The van der Waals surface area contributed by atoms with E-state index in [1.165, 1.54) is 5.06 Å². The molecule has 1 aliphatic rings. The van der Waals surface area contributed by atoms with Gasteiger partial charge in [0.15, 0.2) is 6.23 Å². The number of piperazine rings is 1. The van der Waals surface area contributed by atoms with E-state index in [9.17, 15) is 9.59 Å². The molecule has 0 amide bonds. The van der Waals surface area contributed by atoms with Gasteiger partial charge < -0.3 is 14.9 Å². The Morgan fingerprint density at radius 1 is 1.31 bits per heavy atom. The Balaban J connectivity index is 2.56. The molecule has 1 saturated heterocycles. The minimum atomic E-state index is -0.636. The van der Waals surface area contributed by atoms with Crippen molar-refractivity contribution < 1.29 is 19.2 Å². The predicted octanol–water partition coefficient (Wildman–Crippen LogP) is -0.409. The van der Waals surface area contributed by atoms with E-state index in [2.05, 4.69) is 18.5 Å². The lowest BCUT2D eigenvalue weighted by molar-refractivity contribution is -0.241. The van der Waals surface area contributed by atoms with Crippen LogP contribution in [-0.4, -0.2) is 42.9 Å². The molecule has 0 bridgehead atoms. The van der Waals surface area contributed by atoms with Crippen LogP contribution in [0.5, 0.6) is 0 Å². The van der Waals surface area contributed by atoms with Crippen LogP contribution in [0.4, 0.5) is 0 Å². The lowest BCUT2D eigenvalue weighted by Crippen LogP contribution is -2.53. The molecule has 1 atom stereocenters. The van der Waals surface area contributed by atoms with Crippen molar-refractivity contribution in [2.45, 2.75) is 6.23 Å². The van der Waals surface area contributed by atoms with Crippen LogP contribution < -0.4 is 5.32 Å². The second-order valence-electron chi connectivity index (χ2n) is 3.05. The highest BCUT2D eigenvalue weighted by Crippen LogP contribution is 2.06. The molecule has 6 nitrogen and oxygen atoms in total. The number of hydrogen-bond donors (Lipinski definition) is 1. The summed E-state index contributed by atoms with van der Waals surface area (Å²) in [6, 6.07) is 0. The molecule has 1 fully saturated rings. The number of hydroxylamine groups is 2. The zero-order valence-electron chi connectivity index (χ0n) is 8.85. The van der Waals surface area contributed by atoms with E-state index in [1.807, 2.05) is 0 Å². The van der Waals surface area contributed by atoms with Crippen LogP contribution in [0.2, 0.25) is 0 Å². The van der Waals surface area contributed by atoms with Crippen molar-refractivity contribution in [2.75, 3.05) is 19.6 Å². The summed E-state index contributed by atoms with van der Waals surface area (Å²) in [6.07, 6.45) is 1.47. The summed E-state index contributed by atoms with van der Waals surface area (Å²) in [7, 11) is 0. The monoisotopic (exact) mass is 226 g/mol. The molecule has 0 saturated carbocycles. The van der Waals surface area contributed by atoms with E-state index in [0.29, 0.717) is 19.6 Å². The van der Waals surface area contributed by atoms with Gasteiger partial charge in [0.25, 0.3) is 0 Å². The summed E-state index contributed by atoms with van der Waals surface area (Å²) in [5.74, 6) is -1.14. The summed E-state index contributed by atoms with van der Waals surface area (Å²) >= 11 is 0. The van der Waals surface area contributed by atoms with Crippen LogP contribution in [0.1, 0.15) is 0 Å². The molecule has 88 valence electrons. The van der Waals surface area contributed by atoms with Gasteiger partial charge in [0, 0.05) is 25.2 Å². The molecule has 16 heavy (non-hydrogen) atoms. The zero-order chi connectivity index (χ0) is 12.0. The molecule has 1 rings (SSSR count). The normalized spacial score (nSPS) is 20.9. The Kier molecular flexibility index (Phi) is 4.68. The highest BCUT2D eigenvalue weighted by molar-refractivity contribution is 5.81. The molecule has 0 aromatic rings. The van der Waals surface area contributed by atoms with Gasteiger partial charge in [-0.05, 0) is 0 Å². The smallest absolute Gasteiger partial charge is 0.349 e. The maximum Gasteiger partial charge on any atom is 0.349 e. The van der Waals surface area contributed by atoms with Gasteiger partial charge in [-0.15, -0.1) is 0 Å². The van der Waals surface area contributed by atoms with Gasteiger partial charge >= 0.3 is 11.9 Å². The van der Waals surface area contributed by atoms with Crippen molar-refractivity contribution >= 4 is 11.9 Å². The van der Waals surface area contributed by atoms with Gasteiger partial charge in [0.2, 0.25) is 0 Å². The number of esters is 1. The van der Waals surface area contributed by atoms with Gasteiger partial charge in [-0.1, -0.05) is 18.2 Å². The molecular formula is C10H14N2O4. The maximum atomic E-state index is 11.0. The molecule has 0 spiro atoms. The van der Waals surface area contributed by atoms with Crippen LogP contribution in [0, 0.1) is 0 Å². The average molecular weight is 226 g/mol. The van der Waals surface area contributed by atoms with Crippen LogP contribution in [0.15, 0.2) is 25.3 Å². The van der Waals surface area contributed by atoms with Crippen molar-refractivity contribution in [1.82, 2.24) is 10.4 Å². The van der Waals surface area contributed by atoms with E-state index in [0.717, 1.165) is 12.2 Å². The maximum absolute atomic E-state index is 11.0. The Morgan fingerprint density at radius 3 is 2.62 bits per heavy atom. The van der Waals surface area contributed by atoms with Crippen LogP contribution in [-0.2, 0) is 19.2 Å². The standard InChI is InChI=1S/C10H14N2O4/c1-3-9(13)15-8-7-11-5-6-12(8)16-10(14)4-2/h3-4,8,11H,1-2,5-7H2. The third kappa shape index (κ3) is 3.48. The van der Waals surface area contributed by atoms with E-state index in [4.69, 9.17) is 9.57 Å². The average Bonchev–Trinajstić information content (AvgIpc) is 2.31. The number of hydrogen-bond acceptors (Lipinski definition) is 6. The third-order valence-corrected chi connectivity index (χ3v) is 1.94. The number of carbonyl (C=O) groups is 2. The first-order chi connectivity index (χ1) is 7.67. The largest absolute Gasteiger partial charge is 0.439 e. The van der Waals surface area contributed by atoms with E-state index < -0.39 is 18.2 Å². The number of rotatable bonds is 4. The van der Waals surface area contributed by atoms with Gasteiger partial charge in [0.1, 0.15) is 0 Å². The Morgan fingerprint density at radius 2 is 2.00 bits per heavy atom. The zero-order valence-corrected chi connectivity index (χ0v) is 8.85. The SMILES string of the molecule is C=CC(=O)OC1CNCCN1OC(=O)C=C. The summed E-state index contributed by atoms with van der Waals surface area (Å²) in [5, 5.41) is 4.32. The highest BCUT2D eigenvalue weighted by atomic mass is 16.7. The first-order valence-electron chi connectivity index (χ1n) is 4.82. The van der Waals surface area contributed by atoms with Gasteiger partial charge in [-0.3, -0.25) is 0 Å². The second kappa shape index (κ2) is 6.04. The summed E-state index contributed by atoms with van der Waals surface area (Å²) < 4.78 is 4.99. The molecule has 0 aromatic carbocycles. The highest BCUT2D eigenvalue weighted by Gasteiger charge is 2.27. The molecule has 0 aliphatic carbocycles. The molecular weight excluding hydrogens is 212 g/mol. The lowest BCUT2D eigenvalue weighted by atomic mass is 10.4. The molecule has 0 radical (unpaired) electrons. The van der Waals surface area contributed by atoms with Crippen LogP contribution in [0.25, 0.3) is 0 Å². The van der Waals surface area contributed by atoms with Crippen LogP contribution in [0.3, 0.4) is 0 Å². The quantitative estimate of drug-likeness (QED) is 0.519. The Labute approximate surface area is 93.5 Å². The second-order valence-corrected chi connectivity index (χ2v) is 3.05. The first kappa shape index (κ1) is 12.4. The van der Waals surface area contributed by atoms with E-state index in [1.54, 1.807) is 0 Å². The van der Waals surface area contributed by atoms with Crippen molar-refractivity contribution in [3.63, 3.8) is 0 Å². The van der Waals surface area contributed by atoms with E-state index >= 15 is 0 Å². The van der Waals surface area contributed by atoms with E-state index in [-0.39, 0.29) is 0 Å². The molecule has 1 heterocycles. The van der Waals surface area contributed by atoms with Crippen LogP contribution >= 0.6 is 0 Å².